The fraction of sp³-hybridized carbons (Fsp3) is 0.462. The molecule has 1 saturated carbocycles. The Morgan fingerprint density at radius 1 is 1.29 bits per heavy atom. The van der Waals surface area contributed by atoms with Crippen LogP contribution in [0.15, 0.2) is 12.1 Å². The van der Waals surface area contributed by atoms with Gasteiger partial charge in [-0.25, -0.2) is 4.39 Å². The van der Waals surface area contributed by atoms with Crippen LogP contribution in [0.4, 0.5) is 4.39 Å². The molecule has 1 aliphatic carbocycles. The number of halogens is 1. The Labute approximate surface area is 99.7 Å². The van der Waals surface area contributed by atoms with Crippen molar-refractivity contribution in [1.29, 1.82) is 5.26 Å². The number of nitriles is 1. The fourth-order valence-corrected chi connectivity index (χ4v) is 2.44. The van der Waals surface area contributed by atoms with Crippen molar-refractivity contribution < 1.29 is 9.50 Å². The second kappa shape index (κ2) is 4.34. The Balaban J connectivity index is 2.45. The molecule has 0 aliphatic heterocycles. The predicted octanol–water partition coefficient (Wildman–Crippen LogP) is 2.52. The molecule has 1 fully saturated rings. The maximum Gasteiger partial charge on any atom is 0.169 e. The minimum atomic E-state index is -0.769. The lowest BCUT2D eigenvalue weighted by Crippen LogP contribution is -2.38. The molecular formula is C13H15FN2O. The van der Waals surface area contributed by atoms with Crippen molar-refractivity contribution in [1.82, 2.24) is 0 Å². The molecule has 1 aliphatic rings. The number of hydrogen-bond donors (Lipinski definition) is 2. The Morgan fingerprint density at radius 3 is 2.53 bits per heavy atom. The molecule has 90 valence electrons. The van der Waals surface area contributed by atoms with E-state index in [9.17, 15) is 9.50 Å². The minimum absolute atomic E-state index is 0.0459. The smallest absolute Gasteiger partial charge is 0.169 e. The van der Waals surface area contributed by atoms with Crippen LogP contribution in [0, 0.1) is 17.1 Å². The molecule has 1 aromatic carbocycles. The van der Waals surface area contributed by atoms with Crippen molar-refractivity contribution in [3.63, 3.8) is 0 Å². The molecule has 0 spiro atoms. The summed E-state index contributed by atoms with van der Waals surface area (Å²) in [6, 6.07) is 4.54. The quantitative estimate of drug-likeness (QED) is 0.784. The number of aromatic hydroxyl groups is 1. The fourth-order valence-electron chi connectivity index (χ4n) is 2.44. The highest BCUT2D eigenvalue weighted by atomic mass is 19.1. The largest absolute Gasteiger partial charge is 0.504 e. The third-order valence-corrected chi connectivity index (χ3v) is 3.50. The van der Waals surface area contributed by atoms with Crippen LogP contribution in [0.2, 0.25) is 0 Å². The third-order valence-electron chi connectivity index (χ3n) is 3.50. The second-order valence-electron chi connectivity index (χ2n) is 4.68. The summed E-state index contributed by atoms with van der Waals surface area (Å²) >= 11 is 0. The van der Waals surface area contributed by atoms with Gasteiger partial charge in [0.2, 0.25) is 0 Å². The van der Waals surface area contributed by atoms with Gasteiger partial charge in [0.05, 0.1) is 5.56 Å². The van der Waals surface area contributed by atoms with E-state index in [4.69, 9.17) is 11.0 Å². The number of nitrogens with two attached hydrogens (primary N) is 1. The number of rotatable bonds is 1. The Hall–Kier alpha value is -1.60. The van der Waals surface area contributed by atoms with E-state index in [1.54, 1.807) is 6.07 Å². The summed E-state index contributed by atoms with van der Waals surface area (Å²) in [6.45, 7) is 0. The van der Waals surface area contributed by atoms with Gasteiger partial charge in [-0.05, 0) is 30.5 Å². The van der Waals surface area contributed by atoms with Crippen LogP contribution in [0.3, 0.4) is 0 Å². The first-order chi connectivity index (χ1) is 8.07. The lowest BCUT2D eigenvalue weighted by Gasteiger charge is -2.34. The van der Waals surface area contributed by atoms with E-state index in [0.717, 1.165) is 32.1 Å². The molecule has 0 bridgehead atoms. The molecule has 3 N–H and O–H groups in total. The van der Waals surface area contributed by atoms with Gasteiger partial charge < -0.3 is 10.8 Å². The van der Waals surface area contributed by atoms with E-state index >= 15 is 0 Å². The van der Waals surface area contributed by atoms with Crippen molar-refractivity contribution in [3.8, 4) is 11.8 Å². The number of phenolic OH excluding ortho intramolecular Hbond substituents is 1. The highest BCUT2D eigenvalue weighted by molar-refractivity contribution is 5.47. The van der Waals surface area contributed by atoms with Crippen LogP contribution >= 0.6 is 0 Å². The highest BCUT2D eigenvalue weighted by Crippen LogP contribution is 2.37. The van der Waals surface area contributed by atoms with Crippen LogP contribution in [0.5, 0.6) is 5.75 Å². The lowest BCUT2D eigenvalue weighted by atomic mass is 9.77. The average molecular weight is 234 g/mol. The van der Waals surface area contributed by atoms with Gasteiger partial charge in [-0.15, -0.1) is 0 Å². The van der Waals surface area contributed by atoms with Gasteiger partial charge in [0.1, 0.15) is 6.07 Å². The van der Waals surface area contributed by atoms with Gasteiger partial charge >= 0.3 is 0 Å². The zero-order valence-corrected chi connectivity index (χ0v) is 9.54. The molecule has 1 aromatic rings. The summed E-state index contributed by atoms with van der Waals surface area (Å²) in [5.74, 6) is -1.36. The first kappa shape index (κ1) is 11.9. The Morgan fingerprint density at radius 2 is 1.94 bits per heavy atom. The maximum atomic E-state index is 13.5. The van der Waals surface area contributed by atoms with E-state index in [0.29, 0.717) is 5.56 Å². The third kappa shape index (κ3) is 2.11. The van der Waals surface area contributed by atoms with Gasteiger partial charge in [0, 0.05) is 5.54 Å². The molecule has 0 heterocycles. The van der Waals surface area contributed by atoms with E-state index < -0.39 is 17.1 Å². The molecule has 0 saturated heterocycles. The van der Waals surface area contributed by atoms with Crippen LogP contribution in [-0.2, 0) is 5.54 Å². The van der Waals surface area contributed by atoms with Crippen LogP contribution in [0.1, 0.15) is 43.2 Å². The summed E-state index contributed by atoms with van der Waals surface area (Å²) in [4.78, 5) is 0. The van der Waals surface area contributed by atoms with E-state index in [-0.39, 0.29) is 5.56 Å². The van der Waals surface area contributed by atoms with Crippen molar-refractivity contribution in [2.45, 2.75) is 37.6 Å². The number of nitrogens with zero attached hydrogens (tertiary/aromatic N) is 1. The average Bonchev–Trinajstić information content (AvgIpc) is 2.33. The van der Waals surface area contributed by atoms with E-state index in [2.05, 4.69) is 0 Å². The molecule has 2 rings (SSSR count). The van der Waals surface area contributed by atoms with Gasteiger partial charge in [0.15, 0.2) is 11.6 Å². The SMILES string of the molecule is N#Cc1cc(C2(N)CCCCC2)cc(F)c1O. The Kier molecular flexibility index (Phi) is 3.03. The zero-order chi connectivity index (χ0) is 12.5. The molecule has 0 unspecified atom stereocenters. The number of benzene rings is 1. The van der Waals surface area contributed by atoms with E-state index in [1.807, 2.05) is 0 Å². The first-order valence-electron chi connectivity index (χ1n) is 5.79. The molecule has 0 atom stereocenters. The zero-order valence-electron chi connectivity index (χ0n) is 9.54. The van der Waals surface area contributed by atoms with Crippen molar-refractivity contribution in [2.24, 2.45) is 5.73 Å². The molecule has 0 radical (unpaired) electrons. The Bertz CT molecular complexity index is 473. The highest BCUT2D eigenvalue weighted by Gasteiger charge is 2.30. The van der Waals surface area contributed by atoms with Gasteiger partial charge in [-0.3, -0.25) is 0 Å². The summed E-state index contributed by atoms with van der Waals surface area (Å²) < 4.78 is 13.5. The lowest BCUT2D eigenvalue weighted by molar-refractivity contribution is 0.300. The summed E-state index contributed by atoms with van der Waals surface area (Å²) in [6.07, 6.45) is 4.76. The van der Waals surface area contributed by atoms with Gasteiger partial charge in [-0.1, -0.05) is 19.3 Å². The summed E-state index contributed by atoms with van der Waals surface area (Å²) in [5, 5.41) is 18.2. The normalized spacial score (nSPS) is 18.6. The van der Waals surface area contributed by atoms with Crippen LogP contribution in [0.25, 0.3) is 0 Å². The molecule has 3 nitrogen and oxygen atoms in total. The summed E-state index contributed by atoms with van der Waals surface area (Å²) in [7, 11) is 0. The van der Waals surface area contributed by atoms with Crippen LogP contribution < -0.4 is 5.73 Å². The van der Waals surface area contributed by atoms with Crippen LogP contribution in [-0.4, -0.2) is 5.11 Å². The molecule has 0 amide bonds. The van der Waals surface area contributed by atoms with Gasteiger partial charge in [0.25, 0.3) is 0 Å². The number of hydrogen-bond acceptors (Lipinski definition) is 3. The monoisotopic (exact) mass is 234 g/mol. The van der Waals surface area contributed by atoms with E-state index in [1.165, 1.54) is 12.1 Å². The van der Waals surface area contributed by atoms with Gasteiger partial charge in [-0.2, -0.15) is 5.26 Å². The first-order valence-corrected chi connectivity index (χ1v) is 5.79. The second-order valence-corrected chi connectivity index (χ2v) is 4.68. The molecule has 17 heavy (non-hydrogen) atoms. The van der Waals surface area contributed by atoms with Crippen molar-refractivity contribution in [2.75, 3.05) is 0 Å². The molecular weight excluding hydrogens is 219 g/mol. The maximum absolute atomic E-state index is 13.5. The topological polar surface area (TPSA) is 70.0 Å². The standard InChI is InChI=1S/C13H15FN2O/c14-11-7-10(6-9(8-15)12(11)17)13(16)4-2-1-3-5-13/h6-7,17H,1-5,16H2. The minimum Gasteiger partial charge on any atom is -0.504 e. The van der Waals surface area contributed by atoms with Crippen molar-refractivity contribution in [3.05, 3.63) is 29.1 Å². The summed E-state index contributed by atoms with van der Waals surface area (Å²) in [5.41, 5.74) is 6.28. The van der Waals surface area contributed by atoms with Crippen molar-refractivity contribution >= 4 is 0 Å². The molecule has 0 aromatic heterocycles. The predicted molar refractivity (Wildman–Crippen MR) is 61.7 cm³/mol. The number of phenols is 1. The molecule has 4 heteroatoms.